The molecule has 408 valence electrons. The van der Waals surface area contributed by atoms with Gasteiger partial charge in [-0.3, -0.25) is 29.9 Å². The predicted molar refractivity (Wildman–Crippen MR) is 280 cm³/mol. The van der Waals surface area contributed by atoms with Gasteiger partial charge in [0.2, 0.25) is 0 Å². The van der Waals surface area contributed by atoms with Gasteiger partial charge >= 0.3 is 51.2 Å². The van der Waals surface area contributed by atoms with Crippen LogP contribution in [-0.2, 0) is 82.4 Å². The molecule has 4 aromatic carbocycles. The number of aliphatic carboxylic acids is 3. The number of benzene rings is 4. The quantitative estimate of drug-likeness (QED) is 0.155. The van der Waals surface area contributed by atoms with E-state index in [0.717, 1.165) is 20.8 Å². The van der Waals surface area contributed by atoms with Gasteiger partial charge in [0, 0.05) is 106 Å². The molecular weight excluding hydrogens is 1150 g/mol. The Balaban J connectivity index is 0.000000860. The molecule has 18 heteroatoms. The minimum atomic E-state index is -2.06. The first-order valence-electron chi connectivity index (χ1n) is 24.2. The van der Waals surface area contributed by atoms with E-state index >= 15 is 15.3 Å². The van der Waals surface area contributed by atoms with E-state index in [1.165, 1.54) is 0 Å². The van der Waals surface area contributed by atoms with Crippen LogP contribution >= 0.6 is 0 Å². The predicted octanol–water partition coefficient (Wildman–Crippen LogP) is 4.28. The third kappa shape index (κ3) is 15.3. The van der Waals surface area contributed by atoms with Gasteiger partial charge in [0.05, 0.1) is 0 Å². The first kappa shape index (κ1) is 65.1. The largest absolute Gasteiger partial charge is 2.00 e. The van der Waals surface area contributed by atoms with Crippen LogP contribution < -0.4 is 30.6 Å². The van der Waals surface area contributed by atoms with Crippen LogP contribution in [0.2, 0.25) is 0 Å². The summed E-state index contributed by atoms with van der Waals surface area (Å²) in [5, 5.41) is 74.6. The summed E-state index contributed by atoms with van der Waals surface area (Å²) in [6.07, 6.45) is 9.65. The second-order valence-corrected chi connectivity index (χ2v) is 17.2. The van der Waals surface area contributed by atoms with Crippen molar-refractivity contribution in [2.75, 3.05) is 0 Å². The molecule has 0 bridgehead atoms. The smallest absolute Gasteiger partial charge is 0.837 e. The molecule has 0 aliphatic carbocycles. The van der Waals surface area contributed by atoms with Crippen LogP contribution in [0.5, 0.6) is 0 Å². The Labute approximate surface area is 500 Å². The Bertz CT molecular complexity index is 3080. The van der Waals surface area contributed by atoms with E-state index in [1.807, 2.05) is 91.0 Å². The zero-order valence-electron chi connectivity index (χ0n) is 43.4. The summed E-state index contributed by atoms with van der Waals surface area (Å²) in [6.45, 7) is 2.92. The molecule has 10 rings (SSSR count). The Morgan fingerprint density at radius 3 is 0.617 bits per heavy atom. The van der Waals surface area contributed by atoms with Crippen molar-refractivity contribution in [2.24, 2.45) is 0 Å². The van der Waals surface area contributed by atoms with E-state index in [2.05, 4.69) is 29.9 Å². The van der Waals surface area contributed by atoms with Crippen LogP contribution in [0.15, 0.2) is 237 Å². The number of carbonyl (C=O) groups is 3. The Morgan fingerprint density at radius 2 is 0.457 bits per heavy atom. The summed E-state index contributed by atoms with van der Waals surface area (Å²) in [7, 11) is 0. The van der Waals surface area contributed by atoms with E-state index in [9.17, 15) is 0 Å². The maximum atomic E-state index is 16.0. The normalized spacial score (nSPS) is 10.6. The van der Waals surface area contributed by atoms with E-state index in [1.54, 1.807) is 146 Å². The number of hydrogen-bond donors (Lipinski definition) is 0. The van der Waals surface area contributed by atoms with Crippen molar-refractivity contribution in [3.8, 4) is 33.4 Å². The van der Waals surface area contributed by atoms with E-state index in [-0.39, 0.29) is 85.4 Å². The Hall–Kier alpha value is -8.37. The Morgan fingerprint density at radius 1 is 0.296 bits per heavy atom. The molecule has 15 nitrogen and oxygen atoms in total. The van der Waals surface area contributed by atoms with Crippen molar-refractivity contribution in [3.63, 3.8) is 0 Å². The standard InChI is InChI=1S/C57H39N6O3.3C2H4O2.3Fe/c64-55(49-25-7-13-31-58-49,50-26-8-14-32-59-50)46-22-4-1-19-43(46)40-37-41(44-20-2-5-23-47(44)56(65,51-27-9-15-33-60-51)52-28-10-16-34-61-52)39-42(38-40)45-21-3-6-24-48(45)57(66,53-29-11-17-35-62-53)54-30-12-18-36-63-54;3*1-2(3)4;;;/h1-39H;3*1H3,(H,3,4);;;/q-3;;;;3*+2/p-3. The van der Waals surface area contributed by atoms with Crippen molar-refractivity contribution in [1.82, 2.24) is 29.9 Å². The minimum Gasteiger partial charge on any atom is -0.837 e. The summed E-state index contributed by atoms with van der Waals surface area (Å²) >= 11 is 0. The van der Waals surface area contributed by atoms with Gasteiger partial charge in [-0.25, -0.2) is 0 Å². The number of nitrogens with zero attached hydrogens (tertiary/aromatic N) is 6. The van der Waals surface area contributed by atoms with Crippen LogP contribution in [0.4, 0.5) is 0 Å². The second kappa shape index (κ2) is 30.3. The number of rotatable bonds is 12. The zero-order chi connectivity index (χ0) is 55.7. The number of hydrogen-bond acceptors (Lipinski definition) is 15. The molecule has 0 unspecified atom stereocenters. The summed E-state index contributed by atoms with van der Waals surface area (Å²) in [5.74, 6) is -3.25. The van der Waals surface area contributed by atoms with E-state index in [4.69, 9.17) is 29.7 Å². The van der Waals surface area contributed by atoms with Crippen molar-refractivity contribution in [2.45, 2.75) is 37.6 Å². The fourth-order valence-corrected chi connectivity index (χ4v) is 8.87. The maximum Gasteiger partial charge on any atom is 2.00 e. The summed E-state index contributed by atoms with van der Waals surface area (Å²) < 4.78 is 0. The van der Waals surface area contributed by atoms with Crippen LogP contribution in [-0.4, -0.2) is 47.8 Å². The molecule has 10 aromatic rings. The average molecular weight is 1200 g/mol. The third-order valence-electron chi connectivity index (χ3n) is 11.9. The van der Waals surface area contributed by atoms with Gasteiger partial charge in [0.1, 0.15) is 0 Å². The van der Waals surface area contributed by atoms with Crippen LogP contribution in [0.3, 0.4) is 0 Å². The number of pyridine rings is 6. The molecule has 0 atom stereocenters. The number of aromatic nitrogens is 6. The molecule has 0 amide bonds. The topological polar surface area (TPSA) is 267 Å². The second-order valence-electron chi connectivity index (χ2n) is 17.2. The number of carboxylic acids is 3. The molecule has 0 radical (unpaired) electrons. The molecule has 6 heterocycles. The molecule has 0 saturated heterocycles. The first-order chi connectivity index (χ1) is 37.6. The van der Waals surface area contributed by atoms with Gasteiger partial charge in [-0.05, 0) is 162 Å². The summed E-state index contributed by atoms with van der Waals surface area (Å²) in [6, 6.07) is 60.1. The van der Waals surface area contributed by atoms with Gasteiger partial charge < -0.3 is 45.0 Å². The summed E-state index contributed by atoms with van der Waals surface area (Å²) in [4.78, 5) is 54.4. The van der Waals surface area contributed by atoms with Crippen LogP contribution in [0, 0.1) is 0 Å². The molecule has 0 saturated carbocycles. The average Bonchev–Trinajstić information content (AvgIpc) is 3.68. The van der Waals surface area contributed by atoms with Gasteiger partial charge in [-0.2, -0.15) is 0 Å². The van der Waals surface area contributed by atoms with Crippen molar-refractivity contribution in [3.05, 3.63) is 288 Å². The third-order valence-corrected chi connectivity index (χ3v) is 11.9. The van der Waals surface area contributed by atoms with Crippen molar-refractivity contribution in [1.29, 1.82) is 0 Å². The molecule has 0 fully saturated rings. The fourth-order valence-electron chi connectivity index (χ4n) is 8.87. The molecule has 81 heavy (non-hydrogen) atoms. The molecule has 0 spiro atoms. The monoisotopic (exact) mass is 1200 g/mol. The molecule has 6 aromatic heterocycles. The number of carboxylic acid groups (broad SMARTS) is 3. The van der Waals surface area contributed by atoms with E-state index < -0.39 is 34.7 Å². The van der Waals surface area contributed by atoms with Crippen molar-refractivity contribution < 1.29 is 96.2 Å². The minimum absolute atomic E-state index is 0. The maximum absolute atomic E-state index is 16.0. The molecular formula is C63H48Fe3N6O9. The van der Waals surface area contributed by atoms with Crippen LogP contribution in [0.25, 0.3) is 33.4 Å². The molecule has 0 aliphatic heterocycles. The number of carbonyl (C=O) groups excluding carboxylic acids is 3. The van der Waals surface area contributed by atoms with E-state index in [0.29, 0.717) is 50.1 Å². The first-order valence-corrected chi connectivity index (χ1v) is 24.2. The SMILES string of the molecule is CC(=O)[O-].CC(=O)[O-].CC(=O)[O-].[Fe+2].[Fe+2].[Fe+2].[O-]C(c1ccccn1)(c1ccccn1)c1ccccc1-c1cc(-c2ccccc2C([O-])(c2ccccn2)c2ccccn2)cc(-c2ccccc2C([O-])(c2ccccn2)c2ccccn2)c1. The van der Waals surface area contributed by atoms with Gasteiger partial charge in [0.15, 0.2) is 0 Å². The van der Waals surface area contributed by atoms with Gasteiger partial charge in [0.25, 0.3) is 0 Å². The van der Waals surface area contributed by atoms with Gasteiger partial charge in [-0.1, -0.05) is 109 Å². The fraction of sp³-hybridized carbons (Fsp3) is 0.0952. The molecule has 0 aliphatic rings. The summed E-state index contributed by atoms with van der Waals surface area (Å²) in [5.41, 5.74) is 0.425. The van der Waals surface area contributed by atoms with Gasteiger partial charge in [-0.15, -0.1) is 0 Å². The van der Waals surface area contributed by atoms with Crippen molar-refractivity contribution >= 4 is 17.9 Å². The molecule has 0 N–H and O–H groups in total. The van der Waals surface area contributed by atoms with Crippen LogP contribution in [0.1, 0.15) is 71.6 Å². The Kier molecular flexibility index (Phi) is 24.4. The zero-order valence-corrected chi connectivity index (χ0v) is 46.7.